The van der Waals surface area contributed by atoms with Gasteiger partial charge >= 0.3 is 5.97 Å². The van der Waals surface area contributed by atoms with E-state index < -0.39 is 12.1 Å². The summed E-state index contributed by atoms with van der Waals surface area (Å²) >= 11 is 0. The number of fused-ring (bicyclic) bond motifs is 1. The molecule has 0 fully saturated rings. The van der Waals surface area contributed by atoms with Crippen molar-refractivity contribution in [2.45, 2.75) is 13.0 Å². The maximum absolute atomic E-state index is 11.4. The predicted octanol–water partition coefficient (Wildman–Crippen LogP) is 1.93. The van der Waals surface area contributed by atoms with Crippen LogP contribution in [0.25, 0.3) is 6.08 Å². The Labute approximate surface area is 111 Å². The number of nitrogens with zero attached hydrogens (tertiary/aromatic N) is 1. The number of rotatable bonds is 3. The van der Waals surface area contributed by atoms with Gasteiger partial charge in [-0.1, -0.05) is 6.07 Å². The van der Waals surface area contributed by atoms with Crippen LogP contribution in [0.4, 0.5) is 0 Å². The fraction of sp³-hybridized carbons (Fsp3) is 0.286. The summed E-state index contributed by atoms with van der Waals surface area (Å²) < 4.78 is 15.6. The van der Waals surface area contributed by atoms with Crippen molar-refractivity contribution in [3.05, 3.63) is 29.8 Å². The van der Waals surface area contributed by atoms with Crippen molar-refractivity contribution in [2.75, 3.05) is 13.2 Å². The minimum atomic E-state index is -0.752. The molecule has 5 nitrogen and oxygen atoms in total. The molecule has 0 saturated heterocycles. The summed E-state index contributed by atoms with van der Waals surface area (Å²) in [6.07, 6.45) is 2.13. The van der Waals surface area contributed by atoms with E-state index in [1.54, 1.807) is 18.2 Å². The fourth-order valence-electron chi connectivity index (χ4n) is 1.57. The zero-order valence-electron chi connectivity index (χ0n) is 10.5. The van der Waals surface area contributed by atoms with Gasteiger partial charge in [0.15, 0.2) is 17.6 Å². The van der Waals surface area contributed by atoms with E-state index >= 15 is 0 Å². The fourth-order valence-corrected chi connectivity index (χ4v) is 1.57. The number of ether oxygens (including phenoxy) is 3. The third-order valence-electron chi connectivity index (χ3n) is 2.45. The molecular weight excluding hydrogens is 246 g/mol. The van der Waals surface area contributed by atoms with Gasteiger partial charge in [0.25, 0.3) is 0 Å². The standard InChI is InChI=1S/C14H13NO4/c1-10(9-15)19-14(16)5-3-11-2-4-12-13(8-11)18-7-6-17-12/h2-5,8,10H,6-7H2,1H3/b5-3+/t10-/m0/s1. The average Bonchev–Trinajstić information content (AvgIpc) is 2.44. The minimum Gasteiger partial charge on any atom is -0.486 e. The molecule has 0 spiro atoms. The smallest absolute Gasteiger partial charge is 0.332 e. The molecule has 0 aromatic heterocycles. The summed E-state index contributed by atoms with van der Waals surface area (Å²) in [6.45, 7) is 2.57. The first-order chi connectivity index (χ1) is 9.19. The van der Waals surface area contributed by atoms with Gasteiger partial charge in [0.2, 0.25) is 0 Å². The SMILES string of the molecule is C[C@@H](C#N)OC(=O)/C=C/c1ccc2c(c1)OCCO2. The van der Waals surface area contributed by atoms with Crippen LogP contribution in [0.5, 0.6) is 11.5 Å². The highest BCUT2D eigenvalue weighted by molar-refractivity contribution is 5.87. The number of hydrogen-bond donors (Lipinski definition) is 0. The van der Waals surface area contributed by atoms with Crippen molar-refractivity contribution in [3.63, 3.8) is 0 Å². The van der Waals surface area contributed by atoms with E-state index in [4.69, 9.17) is 19.5 Å². The van der Waals surface area contributed by atoms with Crippen LogP contribution >= 0.6 is 0 Å². The Kier molecular flexibility index (Phi) is 4.04. The van der Waals surface area contributed by atoms with Crippen LogP contribution in [-0.2, 0) is 9.53 Å². The average molecular weight is 259 g/mol. The van der Waals surface area contributed by atoms with Gasteiger partial charge in [-0.05, 0) is 30.7 Å². The van der Waals surface area contributed by atoms with Gasteiger partial charge in [-0.3, -0.25) is 0 Å². The van der Waals surface area contributed by atoms with Crippen molar-refractivity contribution in [3.8, 4) is 17.6 Å². The quantitative estimate of drug-likeness (QED) is 0.612. The van der Waals surface area contributed by atoms with E-state index in [0.29, 0.717) is 24.7 Å². The maximum Gasteiger partial charge on any atom is 0.332 e. The predicted molar refractivity (Wildman–Crippen MR) is 67.6 cm³/mol. The minimum absolute atomic E-state index is 0.516. The molecule has 0 saturated carbocycles. The first-order valence-corrected chi connectivity index (χ1v) is 5.87. The van der Waals surface area contributed by atoms with E-state index in [-0.39, 0.29) is 0 Å². The summed E-state index contributed by atoms with van der Waals surface area (Å²) in [6, 6.07) is 7.20. The number of nitriles is 1. The van der Waals surface area contributed by atoms with Crippen LogP contribution in [0.2, 0.25) is 0 Å². The molecule has 98 valence electrons. The largest absolute Gasteiger partial charge is 0.486 e. The van der Waals surface area contributed by atoms with Crippen molar-refractivity contribution in [1.82, 2.24) is 0 Å². The Balaban J connectivity index is 2.03. The zero-order chi connectivity index (χ0) is 13.7. The van der Waals surface area contributed by atoms with Crippen LogP contribution in [0.1, 0.15) is 12.5 Å². The Bertz CT molecular complexity index is 545. The third-order valence-corrected chi connectivity index (χ3v) is 2.45. The highest BCUT2D eigenvalue weighted by Crippen LogP contribution is 2.31. The Morgan fingerprint density at radius 1 is 1.42 bits per heavy atom. The topological polar surface area (TPSA) is 68.5 Å². The van der Waals surface area contributed by atoms with E-state index in [0.717, 1.165) is 5.56 Å². The molecule has 1 aromatic carbocycles. The molecule has 0 unspecified atom stereocenters. The summed E-state index contributed by atoms with van der Waals surface area (Å²) in [5.74, 6) is 0.806. The molecule has 0 aliphatic carbocycles. The van der Waals surface area contributed by atoms with E-state index in [1.165, 1.54) is 13.0 Å². The molecule has 1 heterocycles. The van der Waals surface area contributed by atoms with E-state index in [9.17, 15) is 4.79 Å². The van der Waals surface area contributed by atoms with E-state index in [1.807, 2.05) is 12.1 Å². The van der Waals surface area contributed by atoms with Crippen LogP contribution in [-0.4, -0.2) is 25.3 Å². The van der Waals surface area contributed by atoms with Crippen LogP contribution in [0.3, 0.4) is 0 Å². The van der Waals surface area contributed by atoms with Gasteiger partial charge in [0, 0.05) is 6.08 Å². The van der Waals surface area contributed by atoms with Crippen molar-refractivity contribution in [2.24, 2.45) is 0 Å². The first-order valence-electron chi connectivity index (χ1n) is 5.87. The Morgan fingerprint density at radius 3 is 2.89 bits per heavy atom. The molecule has 5 heteroatoms. The van der Waals surface area contributed by atoms with E-state index in [2.05, 4.69) is 0 Å². The molecular formula is C14H13NO4. The van der Waals surface area contributed by atoms with Gasteiger partial charge in [-0.2, -0.15) is 5.26 Å². The van der Waals surface area contributed by atoms with Crippen LogP contribution in [0, 0.1) is 11.3 Å². The Hall–Kier alpha value is -2.48. The first kappa shape index (κ1) is 13.0. The molecule has 1 aliphatic rings. The van der Waals surface area contributed by atoms with Gasteiger partial charge < -0.3 is 14.2 Å². The number of carbonyl (C=O) groups is 1. The lowest BCUT2D eigenvalue weighted by Crippen LogP contribution is -2.15. The molecule has 1 atom stereocenters. The molecule has 19 heavy (non-hydrogen) atoms. The molecule has 0 amide bonds. The number of esters is 1. The highest BCUT2D eigenvalue weighted by atomic mass is 16.6. The number of hydrogen-bond acceptors (Lipinski definition) is 5. The van der Waals surface area contributed by atoms with Crippen LogP contribution in [0.15, 0.2) is 24.3 Å². The monoisotopic (exact) mass is 259 g/mol. The number of carbonyl (C=O) groups excluding carboxylic acids is 1. The second-order valence-corrected chi connectivity index (χ2v) is 3.94. The lowest BCUT2D eigenvalue weighted by atomic mass is 10.2. The molecule has 0 bridgehead atoms. The summed E-state index contributed by atoms with van der Waals surface area (Å²) in [5, 5.41) is 8.52. The van der Waals surface area contributed by atoms with Gasteiger partial charge in [-0.15, -0.1) is 0 Å². The summed E-state index contributed by atoms with van der Waals surface area (Å²) in [4.78, 5) is 11.4. The molecule has 2 rings (SSSR count). The van der Waals surface area contributed by atoms with Gasteiger partial charge in [0.1, 0.15) is 19.3 Å². The summed E-state index contributed by atoms with van der Waals surface area (Å²) in [5.41, 5.74) is 0.797. The lowest BCUT2D eigenvalue weighted by molar-refractivity contribution is -0.139. The Morgan fingerprint density at radius 2 is 2.16 bits per heavy atom. The van der Waals surface area contributed by atoms with Crippen molar-refractivity contribution >= 4 is 12.0 Å². The molecule has 1 aromatic rings. The van der Waals surface area contributed by atoms with Crippen molar-refractivity contribution in [1.29, 1.82) is 5.26 Å². The second kappa shape index (κ2) is 5.91. The normalized spacial score (nSPS) is 14.7. The van der Waals surface area contributed by atoms with Gasteiger partial charge in [-0.25, -0.2) is 4.79 Å². The number of benzene rings is 1. The lowest BCUT2D eigenvalue weighted by Gasteiger charge is -2.18. The molecule has 0 N–H and O–H groups in total. The van der Waals surface area contributed by atoms with Gasteiger partial charge in [0.05, 0.1) is 0 Å². The highest BCUT2D eigenvalue weighted by Gasteiger charge is 2.11. The zero-order valence-corrected chi connectivity index (χ0v) is 10.5. The second-order valence-electron chi connectivity index (χ2n) is 3.94. The summed E-state index contributed by atoms with van der Waals surface area (Å²) in [7, 11) is 0. The third kappa shape index (κ3) is 3.49. The maximum atomic E-state index is 11.4. The molecule has 0 radical (unpaired) electrons. The van der Waals surface area contributed by atoms with Crippen molar-refractivity contribution < 1.29 is 19.0 Å². The molecule has 1 aliphatic heterocycles. The van der Waals surface area contributed by atoms with Crippen LogP contribution < -0.4 is 9.47 Å².